The number of benzene rings is 1. The normalized spacial score (nSPS) is 13.4. The largest absolute Gasteiger partial charge is 0.409 e. The average molecular weight is 270 g/mol. The minimum absolute atomic E-state index is 0.0946. The van der Waals surface area contributed by atoms with Crippen LogP contribution in [0.15, 0.2) is 23.4 Å². The predicted molar refractivity (Wildman–Crippen MR) is 76.7 cm³/mol. The number of rotatable bonds is 5. The summed E-state index contributed by atoms with van der Waals surface area (Å²) in [6.45, 7) is 4.28. The lowest BCUT2D eigenvalue weighted by Gasteiger charge is -2.28. The fraction of sp³-hybridized carbons (Fsp3) is 0.462. The number of oxime groups is 1. The summed E-state index contributed by atoms with van der Waals surface area (Å²) in [5.41, 5.74) is 7.25. The first-order valence-electron chi connectivity index (χ1n) is 6.01. The summed E-state index contributed by atoms with van der Waals surface area (Å²) in [5.74, 6) is 0.0946. The van der Waals surface area contributed by atoms with E-state index < -0.39 is 0 Å². The van der Waals surface area contributed by atoms with Gasteiger partial charge in [-0.2, -0.15) is 0 Å². The molecule has 0 saturated carbocycles. The Hall–Kier alpha value is -1.42. The summed E-state index contributed by atoms with van der Waals surface area (Å²) in [4.78, 5) is 2.10. The first kappa shape index (κ1) is 14.6. The molecule has 0 radical (unpaired) electrons. The molecule has 0 bridgehead atoms. The molecule has 1 aromatic rings. The lowest BCUT2D eigenvalue weighted by molar-refractivity contribution is 0.318. The van der Waals surface area contributed by atoms with Crippen molar-refractivity contribution in [3.63, 3.8) is 0 Å². The van der Waals surface area contributed by atoms with E-state index in [1.54, 1.807) is 12.1 Å². The SMILES string of the molecule is CCCC(C)N(C)c1cc(Cl)ccc1C(N)=NO. The predicted octanol–water partition coefficient (Wildman–Crippen LogP) is 3.06. The van der Waals surface area contributed by atoms with Crippen molar-refractivity contribution in [3.05, 3.63) is 28.8 Å². The highest BCUT2D eigenvalue weighted by atomic mass is 35.5. The highest BCUT2D eigenvalue weighted by Crippen LogP contribution is 2.26. The van der Waals surface area contributed by atoms with Gasteiger partial charge in [-0.25, -0.2) is 0 Å². The average Bonchev–Trinajstić information content (AvgIpc) is 2.37. The Morgan fingerprint density at radius 1 is 1.56 bits per heavy atom. The van der Waals surface area contributed by atoms with E-state index in [4.69, 9.17) is 22.5 Å². The lowest BCUT2D eigenvalue weighted by Crippen LogP contribution is -2.31. The zero-order chi connectivity index (χ0) is 13.7. The molecule has 1 rings (SSSR count). The van der Waals surface area contributed by atoms with E-state index in [9.17, 15) is 0 Å². The molecule has 0 aromatic heterocycles. The highest BCUT2D eigenvalue weighted by Gasteiger charge is 2.15. The van der Waals surface area contributed by atoms with Crippen LogP contribution in [0.1, 0.15) is 32.3 Å². The van der Waals surface area contributed by atoms with Gasteiger partial charge in [0.25, 0.3) is 0 Å². The Morgan fingerprint density at radius 2 is 2.22 bits per heavy atom. The van der Waals surface area contributed by atoms with Gasteiger partial charge in [0, 0.05) is 29.4 Å². The van der Waals surface area contributed by atoms with E-state index in [2.05, 4.69) is 23.9 Å². The zero-order valence-corrected chi connectivity index (χ0v) is 11.8. The Bertz CT molecular complexity index is 434. The molecule has 1 aromatic carbocycles. The van der Waals surface area contributed by atoms with Gasteiger partial charge in [-0.05, 0) is 31.5 Å². The van der Waals surface area contributed by atoms with E-state index in [1.165, 1.54) is 0 Å². The monoisotopic (exact) mass is 269 g/mol. The van der Waals surface area contributed by atoms with Crippen molar-refractivity contribution in [1.29, 1.82) is 0 Å². The molecule has 0 spiro atoms. The van der Waals surface area contributed by atoms with Crippen molar-refractivity contribution in [1.82, 2.24) is 0 Å². The summed E-state index contributed by atoms with van der Waals surface area (Å²) >= 11 is 6.02. The van der Waals surface area contributed by atoms with Crippen molar-refractivity contribution in [3.8, 4) is 0 Å². The maximum absolute atomic E-state index is 8.82. The van der Waals surface area contributed by atoms with Gasteiger partial charge < -0.3 is 15.8 Å². The van der Waals surface area contributed by atoms with Crippen molar-refractivity contribution in [2.45, 2.75) is 32.7 Å². The number of hydrogen-bond donors (Lipinski definition) is 2. The molecule has 1 unspecified atom stereocenters. The Morgan fingerprint density at radius 3 is 2.78 bits per heavy atom. The molecule has 0 saturated heterocycles. The second kappa shape index (κ2) is 6.50. The topological polar surface area (TPSA) is 61.8 Å². The third-order valence-electron chi connectivity index (χ3n) is 3.09. The van der Waals surface area contributed by atoms with E-state index in [1.807, 2.05) is 13.1 Å². The van der Waals surface area contributed by atoms with Crippen LogP contribution >= 0.6 is 11.6 Å². The molecular weight excluding hydrogens is 250 g/mol. The summed E-state index contributed by atoms with van der Waals surface area (Å²) < 4.78 is 0. The Balaban J connectivity index is 3.16. The molecule has 0 heterocycles. The number of amidine groups is 1. The molecule has 0 aliphatic heterocycles. The van der Waals surface area contributed by atoms with Crippen LogP contribution in [-0.4, -0.2) is 24.1 Å². The van der Waals surface area contributed by atoms with E-state index in [-0.39, 0.29) is 5.84 Å². The smallest absolute Gasteiger partial charge is 0.172 e. The number of halogens is 1. The molecule has 0 aliphatic rings. The van der Waals surface area contributed by atoms with Crippen LogP contribution in [-0.2, 0) is 0 Å². The van der Waals surface area contributed by atoms with Crippen LogP contribution in [0.3, 0.4) is 0 Å². The molecule has 100 valence electrons. The van der Waals surface area contributed by atoms with Crippen LogP contribution < -0.4 is 10.6 Å². The lowest BCUT2D eigenvalue weighted by atomic mass is 10.1. The number of hydrogen-bond acceptors (Lipinski definition) is 3. The Labute approximate surface area is 113 Å². The van der Waals surface area contributed by atoms with Crippen LogP contribution in [0.2, 0.25) is 5.02 Å². The summed E-state index contributed by atoms with van der Waals surface area (Å²) in [6, 6.07) is 5.69. The highest BCUT2D eigenvalue weighted by molar-refractivity contribution is 6.31. The van der Waals surface area contributed by atoms with Crippen molar-refractivity contribution >= 4 is 23.1 Å². The van der Waals surface area contributed by atoms with E-state index in [0.29, 0.717) is 16.6 Å². The fourth-order valence-electron chi connectivity index (χ4n) is 1.92. The molecule has 0 fully saturated rings. The molecule has 1 atom stereocenters. The maximum Gasteiger partial charge on any atom is 0.172 e. The number of anilines is 1. The van der Waals surface area contributed by atoms with E-state index in [0.717, 1.165) is 18.5 Å². The first-order chi connectivity index (χ1) is 8.51. The van der Waals surface area contributed by atoms with Gasteiger partial charge in [-0.1, -0.05) is 30.1 Å². The van der Waals surface area contributed by atoms with E-state index >= 15 is 0 Å². The molecule has 0 aliphatic carbocycles. The van der Waals surface area contributed by atoms with Gasteiger partial charge in [0.05, 0.1) is 0 Å². The molecule has 0 amide bonds. The fourth-order valence-corrected chi connectivity index (χ4v) is 2.08. The molecule has 18 heavy (non-hydrogen) atoms. The van der Waals surface area contributed by atoms with Crippen molar-refractivity contribution in [2.75, 3.05) is 11.9 Å². The second-order valence-electron chi connectivity index (χ2n) is 4.40. The van der Waals surface area contributed by atoms with Crippen LogP contribution in [0.4, 0.5) is 5.69 Å². The minimum atomic E-state index is 0.0946. The Kier molecular flexibility index (Phi) is 5.28. The van der Waals surface area contributed by atoms with Gasteiger partial charge in [-0.15, -0.1) is 0 Å². The minimum Gasteiger partial charge on any atom is -0.409 e. The first-order valence-corrected chi connectivity index (χ1v) is 6.39. The van der Waals surface area contributed by atoms with Crippen molar-refractivity contribution < 1.29 is 5.21 Å². The standard InChI is InChI=1S/C13H20ClN3O/c1-4-5-9(2)17(3)12-8-10(14)6-7-11(12)13(15)16-18/h6-9,18H,4-5H2,1-3H3,(H2,15,16). The van der Waals surface area contributed by atoms with Gasteiger partial charge in [0.2, 0.25) is 0 Å². The van der Waals surface area contributed by atoms with Crippen LogP contribution in [0.25, 0.3) is 0 Å². The quantitative estimate of drug-likeness (QED) is 0.374. The van der Waals surface area contributed by atoms with Crippen LogP contribution in [0.5, 0.6) is 0 Å². The molecule has 3 N–H and O–H groups in total. The van der Waals surface area contributed by atoms with Gasteiger partial charge in [0.1, 0.15) is 0 Å². The third kappa shape index (κ3) is 3.29. The molecular formula is C13H20ClN3O. The van der Waals surface area contributed by atoms with Gasteiger partial charge in [-0.3, -0.25) is 0 Å². The number of nitrogens with zero attached hydrogens (tertiary/aromatic N) is 2. The number of nitrogens with two attached hydrogens (primary N) is 1. The van der Waals surface area contributed by atoms with Gasteiger partial charge >= 0.3 is 0 Å². The summed E-state index contributed by atoms with van der Waals surface area (Å²) in [7, 11) is 1.99. The molecule has 5 heteroatoms. The second-order valence-corrected chi connectivity index (χ2v) is 4.83. The summed E-state index contributed by atoms with van der Waals surface area (Å²) in [6.07, 6.45) is 2.17. The van der Waals surface area contributed by atoms with Gasteiger partial charge in [0.15, 0.2) is 5.84 Å². The maximum atomic E-state index is 8.82. The third-order valence-corrected chi connectivity index (χ3v) is 3.33. The molecule has 4 nitrogen and oxygen atoms in total. The zero-order valence-electron chi connectivity index (χ0n) is 11.0. The van der Waals surface area contributed by atoms with Crippen molar-refractivity contribution in [2.24, 2.45) is 10.9 Å². The van der Waals surface area contributed by atoms with Crippen LogP contribution in [0, 0.1) is 0 Å². The summed E-state index contributed by atoms with van der Waals surface area (Å²) in [5, 5.41) is 12.5.